The van der Waals surface area contributed by atoms with Gasteiger partial charge in [0.1, 0.15) is 17.4 Å². The highest BCUT2D eigenvalue weighted by Crippen LogP contribution is 2.16. The van der Waals surface area contributed by atoms with Gasteiger partial charge >= 0.3 is 0 Å². The quantitative estimate of drug-likeness (QED) is 0.387. The highest BCUT2D eigenvalue weighted by Gasteiger charge is 2.13. The van der Waals surface area contributed by atoms with Gasteiger partial charge in [-0.1, -0.05) is 72.8 Å². The normalized spacial score (nSPS) is 11.7. The molecule has 0 spiro atoms. The van der Waals surface area contributed by atoms with Crippen LogP contribution in [-0.4, -0.2) is 18.4 Å². The molecule has 0 saturated heterocycles. The van der Waals surface area contributed by atoms with Crippen LogP contribution in [0.15, 0.2) is 90.5 Å². The average Bonchev–Trinajstić information content (AvgIpc) is 2.86. The lowest BCUT2D eigenvalue weighted by molar-refractivity contribution is -0.123. The Morgan fingerprint density at radius 2 is 1.61 bits per heavy atom. The third kappa shape index (κ3) is 7.37. The van der Waals surface area contributed by atoms with E-state index < -0.39 is 5.91 Å². The maximum atomic E-state index is 12.5. The Morgan fingerprint density at radius 1 is 0.970 bits per heavy atom. The van der Waals surface area contributed by atoms with Crippen molar-refractivity contribution >= 4 is 17.9 Å². The number of carbonyl (C=O) groups excluding carboxylic acids is 2. The highest BCUT2D eigenvalue weighted by molar-refractivity contribution is 6.01. The summed E-state index contributed by atoms with van der Waals surface area (Å²) in [6.07, 6.45) is 1.52. The predicted octanol–water partition coefficient (Wildman–Crippen LogP) is 4.17. The third-order valence-corrected chi connectivity index (χ3v) is 4.91. The molecule has 0 aromatic heterocycles. The van der Waals surface area contributed by atoms with Gasteiger partial charge in [-0.05, 0) is 41.8 Å². The summed E-state index contributed by atoms with van der Waals surface area (Å²) in [5.74, 6) is -0.147. The molecule has 0 heterocycles. The van der Waals surface area contributed by atoms with Crippen LogP contribution in [0.5, 0.6) is 5.75 Å². The van der Waals surface area contributed by atoms with E-state index in [2.05, 4.69) is 10.6 Å². The first-order valence-electron chi connectivity index (χ1n) is 10.6. The zero-order valence-electron chi connectivity index (χ0n) is 18.3. The number of nitrogens with zero attached hydrogens (tertiary/aromatic N) is 1. The van der Waals surface area contributed by atoms with E-state index in [9.17, 15) is 14.9 Å². The van der Waals surface area contributed by atoms with Crippen LogP contribution in [0.4, 0.5) is 0 Å². The minimum atomic E-state index is -0.440. The van der Waals surface area contributed by atoms with Gasteiger partial charge in [0.05, 0.1) is 6.04 Å². The number of hydrogen-bond donors (Lipinski definition) is 2. The molecule has 0 fully saturated rings. The summed E-state index contributed by atoms with van der Waals surface area (Å²) < 4.78 is 5.51. The lowest BCUT2D eigenvalue weighted by Gasteiger charge is -2.13. The molecule has 0 bridgehead atoms. The van der Waals surface area contributed by atoms with Gasteiger partial charge in [-0.15, -0.1) is 0 Å². The van der Waals surface area contributed by atoms with Gasteiger partial charge in [0, 0.05) is 6.54 Å². The molecule has 6 nitrogen and oxygen atoms in total. The highest BCUT2D eigenvalue weighted by atomic mass is 16.5. The molecule has 1 atom stereocenters. The lowest BCUT2D eigenvalue weighted by Crippen LogP contribution is -2.28. The Kier molecular flexibility index (Phi) is 8.38. The summed E-state index contributed by atoms with van der Waals surface area (Å²) >= 11 is 0. The first kappa shape index (κ1) is 23.3. The van der Waals surface area contributed by atoms with Crippen molar-refractivity contribution in [2.45, 2.75) is 19.5 Å². The van der Waals surface area contributed by atoms with Crippen LogP contribution in [0.3, 0.4) is 0 Å². The summed E-state index contributed by atoms with van der Waals surface area (Å²) in [5.41, 5.74) is 2.65. The van der Waals surface area contributed by atoms with E-state index in [0.29, 0.717) is 17.9 Å². The molecule has 0 saturated carbocycles. The topological polar surface area (TPSA) is 91.2 Å². The van der Waals surface area contributed by atoms with Crippen molar-refractivity contribution in [3.05, 3.63) is 107 Å². The summed E-state index contributed by atoms with van der Waals surface area (Å²) in [5, 5.41) is 15.1. The van der Waals surface area contributed by atoms with Crippen molar-refractivity contribution in [3.63, 3.8) is 0 Å². The molecule has 0 aliphatic rings. The minimum absolute atomic E-state index is 0.00624. The molecular weight excluding hydrogens is 414 g/mol. The second-order valence-electron chi connectivity index (χ2n) is 7.40. The molecule has 3 aromatic carbocycles. The summed E-state index contributed by atoms with van der Waals surface area (Å²) in [4.78, 5) is 24.5. The Morgan fingerprint density at radius 3 is 2.24 bits per heavy atom. The standard InChI is InChI=1S/C27H25N3O3/c1-20(23-10-6-3-7-11-23)30-27(32)24(17-28)16-21-12-14-25(15-13-21)33-19-26(31)29-18-22-8-4-2-5-9-22/h2-16,20H,18-19H2,1H3,(H,29,31)(H,30,32)/b24-16+/t20-/m1/s1. The van der Waals surface area contributed by atoms with Crippen molar-refractivity contribution in [3.8, 4) is 11.8 Å². The number of rotatable bonds is 9. The van der Waals surface area contributed by atoms with Gasteiger partial charge < -0.3 is 15.4 Å². The van der Waals surface area contributed by atoms with E-state index in [1.165, 1.54) is 6.08 Å². The smallest absolute Gasteiger partial charge is 0.262 e. The second-order valence-corrected chi connectivity index (χ2v) is 7.40. The van der Waals surface area contributed by atoms with Crippen molar-refractivity contribution < 1.29 is 14.3 Å². The van der Waals surface area contributed by atoms with Crippen molar-refractivity contribution in [1.82, 2.24) is 10.6 Å². The Labute approximate surface area is 193 Å². The SMILES string of the molecule is C[C@@H](NC(=O)/C(C#N)=C/c1ccc(OCC(=O)NCc2ccccc2)cc1)c1ccccc1. The fraction of sp³-hybridized carbons (Fsp3) is 0.148. The minimum Gasteiger partial charge on any atom is -0.484 e. The van der Waals surface area contributed by atoms with Crippen molar-refractivity contribution in [1.29, 1.82) is 5.26 Å². The van der Waals surface area contributed by atoms with E-state index in [-0.39, 0.29) is 24.1 Å². The molecule has 0 unspecified atom stereocenters. The molecule has 3 aromatic rings. The number of benzene rings is 3. The van der Waals surface area contributed by atoms with Crippen molar-refractivity contribution in [2.24, 2.45) is 0 Å². The molecule has 0 aliphatic heterocycles. The van der Waals surface area contributed by atoms with Crippen LogP contribution < -0.4 is 15.4 Å². The summed E-state index contributed by atoms with van der Waals surface area (Å²) in [6.45, 7) is 2.20. The van der Waals surface area contributed by atoms with E-state index >= 15 is 0 Å². The molecule has 33 heavy (non-hydrogen) atoms. The zero-order valence-corrected chi connectivity index (χ0v) is 18.3. The second kappa shape index (κ2) is 11.9. The molecule has 166 valence electrons. The fourth-order valence-electron chi connectivity index (χ4n) is 3.07. The summed E-state index contributed by atoms with van der Waals surface area (Å²) in [7, 11) is 0. The molecule has 0 radical (unpaired) electrons. The fourth-order valence-corrected chi connectivity index (χ4v) is 3.07. The molecule has 2 N–H and O–H groups in total. The molecule has 0 aliphatic carbocycles. The van der Waals surface area contributed by atoms with Crippen LogP contribution in [0, 0.1) is 11.3 Å². The third-order valence-electron chi connectivity index (χ3n) is 4.91. The average molecular weight is 440 g/mol. The number of carbonyl (C=O) groups is 2. The van der Waals surface area contributed by atoms with Gasteiger partial charge in [0.25, 0.3) is 11.8 Å². The van der Waals surface area contributed by atoms with Gasteiger partial charge in [-0.25, -0.2) is 0 Å². The number of ether oxygens (including phenoxy) is 1. The van der Waals surface area contributed by atoms with Gasteiger partial charge in [-0.2, -0.15) is 5.26 Å². The van der Waals surface area contributed by atoms with Gasteiger partial charge in [0.15, 0.2) is 6.61 Å². The van der Waals surface area contributed by atoms with Crippen LogP contribution in [0.25, 0.3) is 6.08 Å². The number of hydrogen-bond acceptors (Lipinski definition) is 4. The Hall–Kier alpha value is -4.37. The monoisotopic (exact) mass is 439 g/mol. The van der Waals surface area contributed by atoms with Crippen LogP contribution in [0.2, 0.25) is 0 Å². The predicted molar refractivity (Wildman–Crippen MR) is 127 cm³/mol. The van der Waals surface area contributed by atoms with Crippen molar-refractivity contribution in [2.75, 3.05) is 6.61 Å². The van der Waals surface area contributed by atoms with E-state index in [1.54, 1.807) is 24.3 Å². The molecule has 3 rings (SSSR count). The largest absolute Gasteiger partial charge is 0.484 e. The summed E-state index contributed by atoms with van der Waals surface area (Å²) in [6, 6.07) is 27.7. The lowest BCUT2D eigenvalue weighted by atomic mass is 10.1. The van der Waals surface area contributed by atoms with Gasteiger partial charge in [0.2, 0.25) is 0 Å². The number of nitrogens with one attached hydrogen (secondary N) is 2. The maximum Gasteiger partial charge on any atom is 0.262 e. The van der Waals surface area contributed by atoms with Gasteiger partial charge in [-0.3, -0.25) is 9.59 Å². The van der Waals surface area contributed by atoms with E-state index in [4.69, 9.17) is 4.74 Å². The first-order chi connectivity index (χ1) is 16.0. The van der Waals surface area contributed by atoms with Crippen LogP contribution in [-0.2, 0) is 16.1 Å². The van der Waals surface area contributed by atoms with E-state index in [1.807, 2.05) is 73.7 Å². The number of nitriles is 1. The first-order valence-corrected chi connectivity index (χ1v) is 10.6. The molecular formula is C27H25N3O3. The van der Waals surface area contributed by atoms with Crippen LogP contribution >= 0.6 is 0 Å². The molecule has 2 amide bonds. The Balaban J connectivity index is 1.52. The maximum absolute atomic E-state index is 12.5. The number of amides is 2. The molecule has 6 heteroatoms. The van der Waals surface area contributed by atoms with Crippen LogP contribution in [0.1, 0.15) is 29.7 Å². The zero-order chi connectivity index (χ0) is 23.5. The van der Waals surface area contributed by atoms with E-state index in [0.717, 1.165) is 11.1 Å². The Bertz CT molecular complexity index is 1130.